The third-order valence-electron chi connectivity index (χ3n) is 2.49. The molecule has 0 saturated heterocycles. The molecule has 1 aromatic carbocycles. The number of hydrogen-bond acceptors (Lipinski definition) is 5. The molecule has 0 atom stereocenters. The first kappa shape index (κ1) is 11.9. The molecule has 0 aliphatic carbocycles. The van der Waals surface area contributed by atoms with E-state index in [0.717, 1.165) is 21.4 Å². The summed E-state index contributed by atoms with van der Waals surface area (Å²) in [6.07, 6.45) is 1.82. The number of hydrogen-bond donors (Lipinski definition) is 1. The predicted octanol–water partition coefficient (Wildman–Crippen LogP) is 2.38. The first-order chi connectivity index (χ1) is 8.24. The van der Waals surface area contributed by atoms with Crippen LogP contribution in [0.15, 0.2) is 30.5 Å². The van der Waals surface area contributed by atoms with Gasteiger partial charge in [-0.25, -0.2) is 4.98 Å². The van der Waals surface area contributed by atoms with E-state index in [4.69, 9.17) is 10.5 Å². The molecule has 0 amide bonds. The van der Waals surface area contributed by atoms with E-state index in [2.05, 4.69) is 4.98 Å². The molecule has 1 heterocycles. The molecule has 0 aliphatic rings. The summed E-state index contributed by atoms with van der Waals surface area (Å²) in [5.74, 6) is 0.851. The predicted molar refractivity (Wildman–Crippen MR) is 71.1 cm³/mol. The van der Waals surface area contributed by atoms with Crippen molar-refractivity contribution in [2.45, 2.75) is 6.54 Å². The molecular formula is C12H15N3OS. The van der Waals surface area contributed by atoms with Crippen LogP contribution < -0.4 is 15.4 Å². The van der Waals surface area contributed by atoms with Gasteiger partial charge in [0.15, 0.2) is 5.13 Å². The zero-order chi connectivity index (χ0) is 12.3. The molecule has 17 heavy (non-hydrogen) atoms. The van der Waals surface area contributed by atoms with Gasteiger partial charge in [-0.3, -0.25) is 0 Å². The number of anilines is 2. The summed E-state index contributed by atoms with van der Waals surface area (Å²) in [7, 11) is 3.65. The van der Waals surface area contributed by atoms with Gasteiger partial charge in [-0.2, -0.15) is 0 Å². The molecule has 0 aliphatic heterocycles. The van der Waals surface area contributed by atoms with Crippen LogP contribution in [0.5, 0.6) is 5.75 Å². The van der Waals surface area contributed by atoms with Gasteiger partial charge in [0.2, 0.25) is 0 Å². The van der Waals surface area contributed by atoms with Crippen molar-refractivity contribution >= 4 is 22.2 Å². The van der Waals surface area contributed by atoms with Gasteiger partial charge in [0.05, 0.1) is 7.11 Å². The lowest BCUT2D eigenvalue weighted by atomic mass is 10.3. The highest BCUT2D eigenvalue weighted by Gasteiger charge is 2.08. The molecule has 2 rings (SSSR count). The molecule has 1 aromatic heterocycles. The van der Waals surface area contributed by atoms with Crippen molar-refractivity contribution in [1.82, 2.24) is 4.98 Å². The molecule has 0 bridgehead atoms. The average molecular weight is 249 g/mol. The van der Waals surface area contributed by atoms with Crippen molar-refractivity contribution in [3.8, 4) is 5.75 Å². The zero-order valence-electron chi connectivity index (χ0n) is 9.88. The SMILES string of the molecule is COc1ccc(N(C)c2ncc(CN)s2)cc1. The molecule has 0 unspecified atom stereocenters. The minimum Gasteiger partial charge on any atom is -0.497 e. The fourth-order valence-corrected chi connectivity index (χ4v) is 2.23. The third kappa shape index (κ3) is 2.57. The smallest absolute Gasteiger partial charge is 0.189 e. The van der Waals surface area contributed by atoms with Crippen LogP contribution in [-0.2, 0) is 6.54 Å². The minimum absolute atomic E-state index is 0.536. The van der Waals surface area contributed by atoms with Gasteiger partial charge >= 0.3 is 0 Å². The van der Waals surface area contributed by atoms with Crippen LogP contribution in [-0.4, -0.2) is 19.1 Å². The number of ether oxygens (including phenoxy) is 1. The summed E-state index contributed by atoms with van der Waals surface area (Å²) < 4.78 is 5.13. The summed E-state index contributed by atoms with van der Waals surface area (Å²) in [4.78, 5) is 7.45. The van der Waals surface area contributed by atoms with Gasteiger partial charge in [0.1, 0.15) is 5.75 Å². The Morgan fingerprint density at radius 3 is 2.59 bits per heavy atom. The summed E-state index contributed by atoms with van der Waals surface area (Å²) in [6.45, 7) is 0.536. The fraction of sp³-hybridized carbons (Fsp3) is 0.250. The maximum atomic E-state index is 5.58. The molecule has 0 fully saturated rings. The second kappa shape index (κ2) is 5.16. The highest BCUT2D eigenvalue weighted by Crippen LogP contribution is 2.28. The number of nitrogens with zero attached hydrogens (tertiary/aromatic N) is 2. The van der Waals surface area contributed by atoms with Crippen molar-refractivity contribution < 1.29 is 4.74 Å². The molecule has 0 saturated carbocycles. The molecule has 5 heteroatoms. The van der Waals surface area contributed by atoms with Gasteiger partial charge in [-0.15, -0.1) is 11.3 Å². The average Bonchev–Trinajstić information content (AvgIpc) is 2.87. The molecule has 2 N–H and O–H groups in total. The number of nitrogens with two attached hydrogens (primary N) is 1. The highest BCUT2D eigenvalue weighted by atomic mass is 32.1. The molecule has 0 radical (unpaired) electrons. The monoisotopic (exact) mass is 249 g/mol. The van der Waals surface area contributed by atoms with E-state index in [-0.39, 0.29) is 0 Å². The van der Waals surface area contributed by atoms with Crippen LogP contribution in [0.2, 0.25) is 0 Å². The quantitative estimate of drug-likeness (QED) is 0.904. The van der Waals surface area contributed by atoms with Crippen molar-refractivity contribution in [3.63, 3.8) is 0 Å². The van der Waals surface area contributed by atoms with Crippen molar-refractivity contribution in [3.05, 3.63) is 35.3 Å². The summed E-state index contributed by atoms with van der Waals surface area (Å²) in [5, 5.41) is 0.940. The number of methoxy groups -OCH3 is 1. The zero-order valence-corrected chi connectivity index (χ0v) is 10.7. The molecule has 0 spiro atoms. The Balaban J connectivity index is 2.20. The summed E-state index contributed by atoms with van der Waals surface area (Å²) in [5.41, 5.74) is 6.65. The number of benzene rings is 1. The molecule has 2 aromatic rings. The Morgan fingerprint density at radius 2 is 2.06 bits per heavy atom. The second-order valence-corrected chi connectivity index (χ2v) is 4.66. The Bertz CT molecular complexity index is 481. The van der Waals surface area contributed by atoms with Crippen molar-refractivity contribution in [1.29, 1.82) is 0 Å². The van der Waals surface area contributed by atoms with E-state index in [1.807, 2.05) is 42.4 Å². The van der Waals surface area contributed by atoms with E-state index < -0.39 is 0 Å². The van der Waals surface area contributed by atoms with Crippen molar-refractivity contribution in [2.75, 3.05) is 19.1 Å². The van der Waals surface area contributed by atoms with Gasteiger partial charge in [0, 0.05) is 30.4 Å². The van der Waals surface area contributed by atoms with Crippen LogP contribution in [0.3, 0.4) is 0 Å². The minimum atomic E-state index is 0.536. The lowest BCUT2D eigenvalue weighted by Gasteiger charge is -2.15. The lowest BCUT2D eigenvalue weighted by Crippen LogP contribution is -2.08. The van der Waals surface area contributed by atoms with E-state index in [1.165, 1.54) is 0 Å². The maximum Gasteiger partial charge on any atom is 0.189 e. The van der Waals surface area contributed by atoms with Gasteiger partial charge in [-0.05, 0) is 24.3 Å². The first-order valence-corrected chi connectivity index (χ1v) is 6.09. The Morgan fingerprint density at radius 1 is 1.35 bits per heavy atom. The highest BCUT2D eigenvalue weighted by molar-refractivity contribution is 7.15. The lowest BCUT2D eigenvalue weighted by molar-refractivity contribution is 0.415. The number of rotatable bonds is 4. The standard InChI is InChI=1S/C12H15N3OS/c1-15(12-14-8-11(7-13)17-12)9-3-5-10(16-2)6-4-9/h3-6,8H,7,13H2,1-2H3. The number of aromatic nitrogens is 1. The maximum absolute atomic E-state index is 5.58. The normalized spacial score (nSPS) is 10.3. The van der Waals surface area contributed by atoms with Crippen LogP contribution in [0.25, 0.3) is 0 Å². The number of thiazole rings is 1. The van der Waals surface area contributed by atoms with Crippen molar-refractivity contribution in [2.24, 2.45) is 5.73 Å². The Labute approximate surface area is 105 Å². The van der Waals surface area contributed by atoms with E-state index in [0.29, 0.717) is 6.54 Å². The Kier molecular flexibility index (Phi) is 3.61. The third-order valence-corrected chi connectivity index (χ3v) is 3.59. The summed E-state index contributed by atoms with van der Waals surface area (Å²) >= 11 is 1.60. The fourth-order valence-electron chi connectivity index (χ4n) is 1.46. The van der Waals surface area contributed by atoms with Crippen LogP contribution in [0, 0.1) is 0 Å². The van der Waals surface area contributed by atoms with Crippen LogP contribution in [0.4, 0.5) is 10.8 Å². The van der Waals surface area contributed by atoms with Crippen LogP contribution in [0.1, 0.15) is 4.88 Å². The van der Waals surface area contributed by atoms with E-state index in [1.54, 1.807) is 18.4 Å². The van der Waals surface area contributed by atoms with E-state index in [9.17, 15) is 0 Å². The van der Waals surface area contributed by atoms with Gasteiger partial charge in [0.25, 0.3) is 0 Å². The topological polar surface area (TPSA) is 51.4 Å². The van der Waals surface area contributed by atoms with Crippen LogP contribution >= 0.6 is 11.3 Å². The Hall–Kier alpha value is -1.59. The first-order valence-electron chi connectivity index (χ1n) is 5.27. The van der Waals surface area contributed by atoms with Gasteiger partial charge in [-0.1, -0.05) is 0 Å². The summed E-state index contributed by atoms with van der Waals surface area (Å²) in [6, 6.07) is 7.87. The largest absolute Gasteiger partial charge is 0.497 e. The second-order valence-electron chi connectivity index (χ2n) is 3.57. The van der Waals surface area contributed by atoms with Gasteiger partial charge < -0.3 is 15.4 Å². The molecular weight excluding hydrogens is 234 g/mol. The molecule has 90 valence electrons. The molecule has 4 nitrogen and oxygen atoms in total. The van der Waals surface area contributed by atoms with E-state index >= 15 is 0 Å².